The number of hydrogen-bond acceptors (Lipinski definition) is 9. The van der Waals surface area contributed by atoms with Crippen molar-refractivity contribution >= 4 is 58.0 Å². The third kappa shape index (κ3) is 8.48. The molecule has 0 bridgehead atoms. The maximum Gasteiger partial charge on any atom is 0.408 e. The van der Waals surface area contributed by atoms with E-state index in [1.165, 1.54) is 7.11 Å². The first-order chi connectivity index (χ1) is 24.3. The molecule has 4 N–H and O–H groups in total. The normalized spacial score (nSPS) is 17.8. The highest BCUT2D eigenvalue weighted by Crippen LogP contribution is 2.38. The van der Waals surface area contributed by atoms with E-state index in [9.17, 15) is 19.2 Å². The van der Waals surface area contributed by atoms with E-state index in [1.807, 2.05) is 58.0 Å². The Kier molecular flexibility index (Phi) is 11.6. The number of nitrogens with zero attached hydrogens (tertiary/aromatic N) is 2. The number of benzene rings is 2. The van der Waals surface area contributed by atoms with Gasteiger partial charge in [-0.15, -0.1) is 0 Å². The summed E-state index contributed by atoms with van der Waals surface area (Å²) in [6, 6.07) is 11.6. The number of H-pyrrole nitrogens is 1. The van der Waals surface area contributed by atoms with Crippen LogP contribution in [0.15, 0.2) is 47.0 Å². The lowest BCUT2D eigenvalue weighted by molar-refractivity contribution is -0.137. The summed E-state index contributed by atoms with van der Waals surface area (Å²) in [5, 5.41) is 14.3. The van der Waals surface area contributed by atoms with Gasteiger partial charge in [0.2, 0.25) is 17.7 Å². The fraction of sp³-hybridized carbons (Fsp3) is 0.444. The topological polar surface area (TPSA) is 178 Å². The predicted octanol–water partition coefficient (Wildman–Crippen LogP) is 5.86. The molecular weight excluding hydrogens is 699 g/mol. The number of aromatic nitrogens is 3. The van der Waals surface area contributed by atoms with Gasteiger partial charge in [-0.05, 0) is 60.5 Å². The van der Waals surface area contributed by atoms with Crippen LogP contribution in [0, 0.1) is 5.92 Å². The second-order valence-electron chi connectivity index (χ2n) is 13.3. The fourth-order valence-electron chi connectivity index (χ4n) is 6.22. The predicted molar refractivity (Wildman–Crippen MR) is 190 cm³/mol. The molecule has 0 saturated heterocycles. The molecule has 3 amide bonds. The van der Waals surface area contributed by atoms with Crippen LogP contribution in [0.25, 0.3) is 10.9 Å². The van der Waals surface area contributed by atoms with Crippen molar-refractivity contribution in [3.8, 4) is 0 Å². The van der Waals surface area contributed by atoms with Crippen LogP contribution in [-0.2, 0) is 44.9 Å². The average molecular weight is 742 g/mol. The number of nitrogens with one attached hydrogen (secondary N) is 4. The minimum atomic E-state index is -1.46. The first kappa shape index (κ1) is 37.6. The maximum atomic E-state index is 14.7. The molecule has 0 radical (unpaired) electrons. The molecule has 0 spiro atoms. The molecule has 2 heterocycles. The number of hydrogen-bond donors (Lipinski definition) is 4. The number of amides is 3. The number of esters is 1. The Morgan fingerprint density at radius 2 is 1.88 bits per heavy atom. The lowest BCUT2D eigenvalue weighted by Crippen LogP contribution is -2.67. The summed E-state index contributed by atoms with van der Waals surface area (Å²) in [5.41, 5.74) is 0.766. The van der Waals surface area contributed by atoms with Crippen molar-refractivity contribution in [3.63, 3.8) is 0 Å². The monoisotopic (exact) mass is 740 g/mol. The Bertz CT molecular complexity index is 1910. The Hall–Kier alpha value is -4.62. The van der Waals surface area contributed by atoms with E-state index >= 15 is 0 Å². The molecule has 4 atom stereocenters. The summed E-state index contributed by atoms with van der Waals surface area (Å²) in [5.74, 6) is -2.15. The lowest BCUT2D eigenvalue weighted by Gasteiger charge is -2.41. The molecule has 0 fully saturated rings. The smallest absolute Gasteiger partial charge is 0.408 e. The first-order valence-corrected chi connectivity index (χ1v) is 17.6. The van der Waals surface area contributed by atoms with Crippen molar-refractivity contribution < 1.29 is 33.2 Å². The summed E-state index contributed by atoms with van der Waals surface area (Å²) in [4.78, 5) is 61.4. The van der Waals surface area contributed by atoms with E-state index in [-0.39, 0.29) is 43.5 Å². The van der Waals surface area contributed by atoms with Crippen LogP contribution in [0.1, 0.15) is 80.3 Å². The molecule has 4 aromatic rings. The highest BCUT2D eigenvalue weighted by atomic mass is 35.5. The van der Waals surface area contributed by atoms with Crippen LogP contribution in [-0.4, -0.2) is 63.2 Å². The number of aromatic amines is 1. The summed E-state index contributed by atoms with van der Waals surface area (Å²) < 4.78 is 15.4. The number of aryl methyl sites for hydroxylation is 1. The fourth-order valence-corrected chi connectivity index (χ4v) is 6.76. The Labute approximate surface area is 305 Å². The van der Waals surface area contributed by atoms with E-state index in [4.69, 9.17) is 32.5 Å². The van der Waals surface area contributed by atoms with E-state index in [1.54, 1.807) is 12.1 Å². The summed E-state index contributed by atoms with van der Waals surface area (Å²) in [7, 11) is 1.21. The molecule has 51 heavy (non-hydrogen) atoms. The second kappa shape index (κ2) is 15.7. The van der Waals surface area contributed by atoms with Gasteiger partial charge in [0.05, 0.1) is 17.6 Å². The molecule has 272 valence electrons. The van der Waals surface area contributed by atoms with Gasteiger partial charge < -0.3 is 34.9 Å². The number of methoxy groups -OCH3 is 1. The van der Waals surface area contributed by atoms with Gasteiger partial charge in [0.25, 0.3) is 5.82 Å². The van der Waals surface area contributed by atoms with Crippen molar-refractivity contribution in [1.82, 2.24) is 31.1 Å². The average Bonchev–Trinajstić information content (AvgIpc) is 3.73. The zero-order valence-corrected chi connectivity index (χ0v) is 30.7. The van der Waals surface area contributed by atoms with E-state index in [2.05, 4.69) is 35.8 Å². The minimum Gasteiger partial charge on any atom is -0.463 e. The molecule has 5 rings (SSSR count). The third-order valence-corrected chi connectivity index (χ3v) is 10.2. The Morgan fingerprint density at radius 1 is 1.14 bits per heavy atom. The quantitative estimate of drug-likeness (QED) is 0.122. The van der Waals surface area contributed by atoms with Gasteiger partial charge in [-0.1, -0.05) is 80.7 Å². The van der Waals surface area contributed by atoms with Gasteiger partial charge in [-0.2, -0.15) is 4.98 Å². The zero-order chi connectivity index (χ0) is 36.9. The highest BCUT2D eigenvalue weighted by molar-refractivity contribution is 6.38. The number of rotatable bonds is 13. The molecular formula is C36H42Cl2N6O7. The summed E-state index contributed by atoms with van der Waals surface area (Å²) in [6.07, 6.45) is 1.08. The van der Waals surface area contributed by atoms with Crippen molar-refractivity contribution in [3.05, 3.63) is 81.0 Å². The van der Waals surface area contributed by atoms with Crippen molar-refractivity contribution in [1.29, 1.82) is 0 Å². The standard InChI is InChI=1S/C36H42Cl2N6O7/c1-6-20(3)28(41-34(48)50-19-21-11-9-8-10-12-21)31(45)42-36(14-13-26-24(17-36)23-15-22(37)16-25(38)29(23)39-26)33(47)43-35(4,7-2)18-27-40-30(44-51-27)32(46)49-5/h8-12,15-16,20,28,39H,6-7,13-14,17-19H2,1-5H3,(H,41,48)(H,42,45)(H,43,47). The van der Waals surface area contributed by atoms with Gasteiger partial charge in [0, 0.05) is 34.5 Å². The maximum absolute atomic E-state index is 14.7. The van der Waals surface area contributed by atoms with Crippen LogP contribution in [0.3, 0.4) is 0 Å². The second-order valence-corrected chi connectivity index (χ2v) is 14.1. The molecule has 4 unspecified atom stereocenters. The number of halogens is 2. The molecule has 1 aliphatic rings. The van der Waals surface area contributed by atoms with Crippen LogP contribution in [0.2, 0.25) is 10.0 Å². The molecule has 0 aliphatic heterocycles. The molecule has 2 aromatic carbocycles. The van der Waals surface area contributed by atoms with Gasteiger partial charge in [0.15, 0.2) is 0 Å². The van der Waals surface area contributed by atoms with Crippen molar-refractivity contribution in [2.24, 2.45) is 5.92 Å². The lowest BCUT2D eigenvalue weighted by atomic mass is 9.77. The van der Waals surface area contributed by atoms with Gasteiger partial charge in [0.1, 0.15) is 18.2 Å². The Morgan fingerprint density at radius 3 is 2.57 bits per heavy atom. The van der Waals surface area contributed by atoms with Crippen LogP contribution in [0.4, 0.5) is 4.79 Å². The largest absolute Gasteiger partial charge is 0.463 e. The van der Waals surface area contributed by atoms with E-state index in [0.717, 1.165) is 22.2 Å². The third-order valence-electron chi connectivity index (χ3n) is 9.65. The minimum absolute atomic E-state index is 0.0269. The highest BCUT2D eigenvalue weighted by Gasteiger charge is 2.47. The van der Waals surface area contributed by atoms with Gasteiger partial charge in [-0.3, -0.25) is 9.59 Å². The molecule has 1 aliphatic carbocycles. The van der Waals surface area contributed by atoms with Crippen LogP contribution < -0.4 is 16.0 Å². The van der Waals surface area contributed by atoms with Crippen LogP contribution >= 0.6 is 23.2 Å². The molecule has 13 nitrogen and oxygen atoms in total. The molecule has 2 aromatic heterocycles. The molecule has 15 heteroatoms. The number of carbonyl (C=O) groups excluding carboxylic acids is 4. The Balaban J connectivity index is 1.45. The number of fused-ring (bicyclic) bond motifs is 3. The SMILES string of the molecule is CCC(C)C(NC(=O)OCc1ccccc1)C(=O)NC1(C(=O)NC(C)(CC)Cc2nc(C(=O)OC)no2)CCc2[nH]c3c(Cl)cc(Cl)cc3c2C1. The summed E-state index contributed by atoms with van der Waals surface area (Å²) in [6.45, 7) is 7.48. The van der Waals surface area contributed by atoms with E-state index < -0.39 is 41.0 Å². The first-order valence-electron chi connectivity index (χ1n) is 16.8. The van der Waals surface area contributed by atoms with Crippen molar-refractivity contribution in [2.75, 3.05) is 7.11 Å². The van der Waals surface area contributed by atoms with Crippen molar-refractivity contribution in [2.45, 2.75) is 89.9 Å². The zero-order valence-electron chi connectivity index (χ0n) is 29.2. The number of carbonyl (C=O) groups is 4. The molecule has 0 saturated carbocycles. The van der Waals surface area contributed by atoms with Crippen LogP contribution in [0.5, 0.6) is 0 Å². The summed E-state index contributed by atoms with van der Waals surface area (Å²) >= 11 is 13.0. The van der Waals surface area contributed by atoms with E-state index in [0.29, 0.717) is 34.8 Å². The number of ether oxygens (including phenoxy) is 2. The van der Waals surface area contributed by atoms with Gasteiger partial charge >= 0.3 is 12.1 Å². The van der Waals surface area contributed by atoms with Gasteiger partial charge in [-0.25, -0.2) is 9.59 Å². The number of alkyl carbamates (subject to hydrolysis) is 1.